The molecule has 114 valence electrons. The maximum absolute atomic E-state index is 12.8. The molecule has 0 aliphatic carbocycles. The smallest absolute Gasteiger partial charge is 0.430 e. The van der Waals surface area contributed by atoms with E-state index in [0.717, 1.165) is 13.2 Å². The normalized spacial score (nSPS) is 13.5. The Morgan fingerprint density at radius 3 is 1.65 bits per heavy atom. The molecular weight excluding hydrogens is 290 g/mol. The quantitative estimate of drug-likeness (QED) is 0.845. The number of aliphatic hydroxyl groups is 1. The maximum Gasteiger partial charge on any atom is 0.430 e. The summed E-state index contributed by atoms with van der Waals surface area (Å²) in [6.07, 6.45) is -11.9. The van der Waals surface area contributed by atoms with Crippen LogP contribution in [0.2, 0.25) is 0 Å². The number of alkyl halides is 6. The van der Waals surface area contributed by atoms with Crippen LogP contribution in [0.15, 0.2) is 12.1 Å². The van der Waals surface area contributed by atoms with E-state index in [1.807, 2.05) is 0 Å². The van der Waals surface area contributed by atoms with Gasteiger partial charge in [-0.2, -0.15) is 26.3 Å². The van der Waals surface area contributed by atoms with Gasteiger partial charge in [0.1, 0.15) is 5.75 Å². The van der Waals surface area contributed by atoms with Crippen molar-refractivity contribution < 1.29 is 36.2 Å². The van der Waals surface area contributed by atoms with E-state index in [1.165, 1.54) is 13.8 Å². The van der Waals surface area contributed by atoms with Crippen LogP contribution in [-0.4, -0.2) is 24.6 Å². The molecule has 0 saturated carbocycles. The first-order valence-electron chi connectivity index (χ1n) is 5.37. The van der Waals surface area contributed by atoms with Gasteiger partial charge in [0, 0.05) is 5.56 Å². The van der Waals surface area contributed by atoms with Gasteiger partial charge in [-0.25, -0.2) is 0 Å². The summed E-state index contributed by atoms with van der Waals surface area (Å²) in [5.74, 6) is -0.676. The van der Waals surface area contributed by atoms with Gasteiger partial charge in [0.2, 0.25) is 0 Å². The molecule has 1 rings (SSSR count). The van der Waals surface area contributed by atoms with E-state index in [0.29, 0.717) is 11.6 Å². The molecule has 2 nitrogen and oxygen atoms in total. The zero-order valence-corrected chi connectivity index (χ0v) is 10.8. The minimum absolute atomic E-state index is 0.174. The van der Waals surface area contributed by atoms with E-state index in [1.54, 1.807) is 0 Å². The second-order valence-corrected chi connectivity index (χ2v) is 4.34. The predicted molar refractivity (Wildman–Crippen MR) is 58.5 cm³/mol. The van der Waals surface area contributed by atoms with Gasteiger partial charge in [-0.3, -0.25) is 0 Å². The third-order valence-electron chi connectivity index (χ3n) is 3.03. The SMILES string of the molecule is COc1cc(C)c(C)cc1C(O)(C(F)(F)F)C(F)(F)F. The summed E-state index contributed by atoms with van der Waals surface area (Å²) < 4.78 is 81.4. The molecule has 0 saturated heterocycles. The van der Waals surface area contributed by atoms with Crippen molar-refractivity contribution in [2.75, 3.05) is 7.11 Å². The van der Waals surface area contributed by atoms with Crippen LogP contribution >= 0.6 is 0 Å². The van der Waals surface area contributed by atoms with E-state index in [4.69, 9.17) is 0 Å². The Bertz CT molecular complexity index is 490. The van der Waals surface area contributed by atoms with Gasteiger partial charge >= 0.3 is 12.4 Å². The summed E-state index contributed by atoms with van der Waals surface area (Å²) in [6.45, 7) is 2.84. The summed E-state index contributed by atoms with van der Waals surface area (Å²) in [5, 5.41) is 9.35. The summed E-state index contributed by atoms with van der Waals surface area (Å²) in [6, 6.07) is 1.66. The van der Waals surface area contributed by atoms with Crippen molar-refractivity contribution in [2.45, 2.75) is 31.8 Å². The van der Waals surface area contributed by atoms with Crippen LogP contribution in [0, 0.1) is 13.8 Å². The highest BCUT2D eigenvalue weighted by Gasteiger charge is 2.72. The first-order valence-corrected chi connectivity index (χ1v) is 5.37. The highest BCUT2D eigenvalue weighted by atomic mass is 19.4. The molecule has 0 bridgehead atoms. The van der Waals surface area contributed by atoms with Gasteiger partial charge in [-0.15, -0.1) is 0 Å². The van der Waals surface area contributed by atoms with Crippen molar-refractivity contribution in [1.29, 1.82) is 0 Å². The van der Waals surface area contributed by atoms with Gasteiger partial charge in [0.15, 0.2) is 0 Å². The van der Waals surface area contributed by atoms with Gasteiger partial charge in [0.25, 0.3) is 5.60 Å². The summed E-state index contributed by atoms with van der Waals surface area (Å²) >= 11 is 0. The predicted octanol–water partition coefficient (Wildman–Crippen LogP) is 3.62. The standard InChI is InChI=1S/C12H12F6O2/c1-6-4-8(9(20-3)5-7(6)2)10(19,11(13,14)15)12(16,17)18/h4-5,19H,1-3H3. The Morgan fingerprint density at radius 1 is 0.900 bits per heavy atom. The minimum Gasteiger partial charge on any atom is -0.496 e. The molecule has 0 amide bonds. The van der Waals surface area contributed by atoms with Crippen molar-refractivity contribution in [3.8, 4) is 5.75 Å². The minimum atomic E-state index is -5.93. The number of benzene rings is 1. The molecule has 0 radical (unpaired) electrons. The number of methoxy groups -OCH3 is 1. The molecule has 0 atom stereocenters. The Balaban J connectivity index is 3.72. The van der Waals surface area contributed by atoms with Crippen LogP contribution in [0.4, 0.5) is 26.3 Å². The average Bonchev–Trinajstić information content (AvgIpc) is 2.28. The average molecular weight is 302 g/mol. The molecule has 20 heavy (non-hydrogen) atoms. The highest BCUT2D eigenvalue weighted by molar-refractivity contribution is 5.46. The lowest BCUT2D eigenvalue weighted by Crippen LogP contribution is -2.54. The third-order valence-corrected chi connectivity index (χ3v) is 3.03. The Kier molecular flexibility index (Phi) is 4.02. The molecule has 0 heterocycles. The van der Waals surface area contributed by atoms with Gasteiger partial charge in [-0.1, -0.05) is 0 Å². The lowest BCUT2D eigenvalue weighted by atomic mass is 9.89. The number of rotatable bonds is 2. The zero-order valence-electron chi connectivity index (χ0n) is 10.8. The lowest BCUT2D eigenvalue weighted by molar-refractivity contribution is -0.376. The van der Waals surface area contributed by atoms with Gasteiger partial charge in [-0.05, 0) is 37.1 Å². The highest BCUT2D eigenvalue weighted by Crippen LogP contribution is 2.52. The van der Waals surface area contributed by atoms with E-state index in [2.05, 4.69) is 4.74 Å². The Morgan fingerprint density at radius 2 is 1.30 bits per heavy atom. The van der Waals surface area contributed by atoms with Crippen LogP contribution in [0.1, 0.15) is 16.7 Å². The molecule has 1 N–H and O–H groups in total. The molecule has 0 fully saturated rings. The van der Waals surface area contributed by atoms with Crippen LogP contribution < -0.4 is 4.74 Å². The molecule has 0 aromatic heterocycles. The van der Waals surface area contributed by atoms with Crippen LogP contribution in [0.5, 0.6) is 5.75 Å². The maximum atomic E-state index is 12.8. The van der Waals surface area contributed by atoms with Crippen molar-refractivity contribution in [3.63, 3.8) is 0 Å². The molecule has 1 aromatic carbocycles. The molecular formula is C12H12F6O2. The monoisotopic (exact) mass is 302 g/mol. The third kappa shape index (κ3) is 2.44. The second kappa shape index (κ2) is 4.83. The fourth-order valence-electron chi connectivity index (χ4n) is 1.71. The number of halogens is 6. The fraction of sp³-hybridized carbons (Fsp3) is 0.500. The molecule has 8 heteroatoms. The topological polar surface area (TPSA) is 29.5 Å². The van der Waals surface area contributed by atoms with Crippen LogP contribution in [0.25, 0.3) is 0 Å². The summed E-state index contributed by atoms with van der Waals surface area (Å²) in [5.41, 5.74) is -5.74. The first-order chi connectivity index (χ1) is 8.86. The fourth-order valence-corrected chi connectivity index (χ4v) is 1.71. The molecule has 0 unspecified atom stereocenters. The number of aryl methyl sites for hydroxylation is 2. The molecule has 0 spiro atoms. The number of hydrogen-bond donors (Lipinski definition) is 1. The van der Waals surface area contributed by atoms with Crippen molar-refractivity contribution in [3.05, 3.63) is 28.8 Å². The molecule has 0 aliphatic rings. The Hall–Kier alpha value is -1.44. The largest absolute Gasteiger partial charge is 0.496 e. The molecule has 1 aromatic rings. The van der Waals surface area contributed by atoms with Crippen LogP contribution in [-0.2, 0) is 5.60 Å². The van der Waals surface area contributed by atoms with Crippen molar-refractivity contribution in [2.24, 2.45) is 0 Å². The van der Waals surface area contributed by atoms with E-state index < -0.39 is 29.3 Å². The van der Waals surface area contributed by atoms with Gasteiger partial charge < -0.3 is 9.84 Å². The number of hydrogen-bond acceptors (Lipinski definition) is 2. The molecule has 0 aliphatic heterocycles. The Labute approximate surface area is 111 Å². The van der Waals surface area contributed by atoms with E-state index >= 15 is 0 Å². The second-order valence-electron chi connectivity index (χ2n) is 4.34. The summed E-state index contributed by atoms with van der Waals surface area (Å²) in [4.78, 5) is 0. The zero-order chi connectivity index (χ0) is 15.9. The van der Waals surface area contributed by atoms with Gasteiger partial charge in [0.05, 0.1) is 7.11 Å². The number of ether oxygens (including phenoxy) is 1. The first kappa shape index (κ1) is 16.6. The van der Waals surface area contributed by atoms with Crippen molar-refractivity contribution >= 4 is 0 Å². The van der Waals surface area contributed by atoms with Crippen molar-refractivity contribution in [1.82, 2.24) is 0 Å². The lowest BCUT2D eigenvalue weighted by Gasteiger charge is -2.34. The van der Waals surface area contributed by atoms with E-state index in [9.17, 15) is 31.4 Å². The summed E-state index contributed by atoms with van der Waals surface area (Å²) in [7, 11) is 0.931. The van der Waals surface area contributed by atoms with E-state index in [-0.39, 0.29) is 5.56 Å². The van der Waals surface area contributed by atoms with Crippen LogP contribution in [0.3, 0.4) is 0 Å².